The molecule has 0 aliphatic heterocycles. The van der Waals surface area contributed by atoms with Crippen molar-refractivity contribution in [2.45, 2.75) is 187 Å². The fourth-order valence-corrected chi connectivity index (χ4v) is 6.18. The molecule has 2 unspecified atom stereocenters. The molecule has 0 aliphatic rings. The molecule has 2 atom stereocenters. The zero-order valence-corrected chi connectivity index (χ0v) is 36.6. The summed E-state index contributed by atoms with van der Waals surface area (Å²) in [5.74, 6) is -1.50. The van der Waals surface area contributed by atoms with Crippen LogP contribution in [0.5, 0.6) is 0 Å². The summed E-state index contributed by atoms with van der Waals surface area (Å²) in [5, 5.41) is 9.61. The molecule has 0 fully saturated rings. The summed E-state index contributed by atoms with van der Waals surface area (Å²) in [6, 6.07) is -0.618. The van der Waals surface area contributed by atoms with Crippen molar-refractivity contribution in [1.82, 2.24) is 0 Å². The predicted octanol–water partition coefficient (Wildman–Crippen LogP) is 12.2. The van der Waals surface area contributed by atoms with Gasteiger partial charge in [0.2, 0.25) is 0 Å². The Morgan fingerprint density at radius 2 is 1.00 bits per heavy atom. The van der Waals surface area contributed by atoms with E-state index in [9.17, 15) is 19.5 Å². The molecule has 0 saturated carbocycles. The molecule has 0 spiro atoms. The average Bonchev–Trinajstić information content (AvgIpc) is 3.15. The Morgan fingerprint density at radius 1 is 0.554 bits per heavy atom. The number of carboxylic acids is 1. The molecule has 0 aromatic rings. The highest BCUT2D eigenvalue weighted by atomic mass is 16.6. The molecule has 1 N–H and O–H groups in total. The van der Waals surface area contributed by atoms with Crippen LogP contribution in [-0.4, -0.2) is 80.6 Å². The van der Waals surface area contributed by atoms with Crippen LogP contribution in [0.2, 0.25) is 0 Å². The first-order valence-electron chi connectivity index (χ1n) is 22.3. The van der Waals surface area contributed by atoms with Crippen molar-refractivity contribution in [2.75, 3.05) is 41.0 Å². The average molecular weight is 787 g/mol. The molecular formula is C48H84NO7+. The van der Waals surface area contributed by atoms with Crippen LogP contribution in [0.1, 0.15) is 174 Å². The highest BCUT2D eigenvalue weighted by molar-refractivity contribution is 5.72. The van der Waals surface area contributed by atoms with Crippen molar-refractivity contribution >= 4 is 17.9 Å². The van der Waals surface area contributed by atoms with E-state index in [4.69, 9.17) is 14.2 Å². The van der Waals surface area contributed by atoms with Crippen molar-refractivity contribution < 1.29 is 38.2 Å². The van der Waals surface area contributed by atoms with Crippen molar-refractivity contribution in [3.8, 4) is 0 Å². The predicted molar refractivity (Wildman–Crippen MR) is 234 cm³/mol. The van der Waals surface area contributed by atoms with E-state index < -0.39 is 18.1 Å². The third-order valence-electron chi connectivity index (χ3n) is 9.65. The number of rotatable bonds is 39. The second-order valence-electron chi connectivity index (χ2n) is 15.9. The fraction of sp³-hybridized carbons (Fsp3) is 0.729. The Balaban J connectivity index is 4.24. The number of carboxylic acid groups (broad SMARTS) is 1. The normalized spacial score (nSPS) is 13.5. The maximum Gasteiger partial charge on any atom is 0.362 e. The lowest BCUT2D eigenvalue weighted by Crippen LogP contribution is -2.50. The minimum atomic E-state index is -0.880. The zero-order valence-electron chi connectivity index (χ0n) is 36.6. The van der Waals surface area contributed by atoms with Crippen LogP contribution in [0, 0.1) is 0 Å². The Kier molecular flexibility index (Phi) is 36.8. The molecule has 0 bridgehead atoms. The maximum absolute atomic E-state index is 12.7. The molecule has 0 rings (SSSR count). The lowest BCUT2D eigenvalue weighted by atomic mass is 10.1. The largest absolute Gasteiger partial charge is 0.477 e. The van der Waals surface area contributed by atoms with Crippen LogP contribution in [0.25, 0.3) is 0 Å². The number of allylic oxidation sites excluding steroid dienone is 10. The molecule has 0 radical (unpaired) electrons. The number of unbranched alkanes of at least 4 members (excludes halogenated alkanes) is 15. The third-order valence-corrected chi connectivity index (χ3v) is 9.65. The van der Waals surface area contributed by atoms with Gasteiger partial charge >= 0.3 is 17.9 Å². The van der Waals surface area contributed by atoms with Crippen molar-refractivity contribution in [3.05, 3.63) is 60.8 Å². The first-order valence-corrected chi connectivity index (χ1v) is 22.3. The first kappa shape index (κ1) is 53.0. The van der Waals surface area contributed by atoms with Crippen LogP contribution in [0.15, 0.2) is 60.8 Å². The van der Waals surface area contributed by atoms with E-state index in [0.29, 0.717) is 19.3 Å². The number of hydrogen-bond donors (Lipinski definition) is 1. The SMILES string of the molecule is CC/C=C/C/C=C/C/C=C/C/C=C/CCCCCCCCCCCC(=O)OCC(COCCC(C(=O)O)[N+](C)(C)C)OC(=O)CCCCCC/C=C/CCCC. The van der Waals surface area contributed by atoms with Gasteiger partial charge in [-0.05, 0) is 70.6 Å². The number of quaternary nitrogens is 1. The number of aliphatic carboxylic acids is 1. The number of carbonyl (C=O) groups is 3. The van der Waals surface area contributed by atoms with Crippen LogP contribution < -0.4 is 0 Å². The molecule has 0 aromatic heterocycles. The van der Waals surface area contributed by atoms with Crippen molar-refractivity contribution in [2.24, 2.45) is 0 Å². The first-order chi connectivity index (χ1) is 27.1. The summed E-state index contributed by atoms with van der Waals surface area (Å²) in [7, 11) is 5.51. The smallest absolute Gasteiger partial charge is 0.362 e. The van der Waals surface area contributed by atoms with Crippen LogP contribution in [0.4, 0.5) is 0 Å². The summed E-state index contributed by atoms with van der Waals surface area (Å²) in [6.07, 6.45) is 47.0. The van der Waals surface area contributed by atoms with Gasteiger partial charge in [0, 0.05) is 19.3 Å². The molecule has 8 heteroatoms. The van der Waals surface area contributed by atoms with E-state index in [1.54, 1.807) is 0 Å². The number of carbonyl (C=O) groups excluding carboxylic acids is 2. The second kappa shape index (κ2) is 38.9. The van der Waals surface area contributed by atoms with Crippen molar-refractivity contribution in [1.29, 1.82) is 0 Å². The molecule has 0 heterocycles. The Bertz CT molecular complexity index is 1100. The van der Waals surface area contributed by atoms with Gasteiger partial charge in [0.15, 0.2) is 12.1 Å². The number of ether oxygens (including phenoxy) is 3. The Morgan fingerprint density at radius 3 is 1.50 bits per heavy atom. The van der Waals surface area contributed by atoms with Gasteiger partial charge in [-0.25, -0.2) is 4.79 Å². The number of nitrogens with zero attached hydrogens (tertiary/aromatic N) is 1. The number of hydrogen-bond acceptors (Lipinski definition) is 6. The van der Waals surface area contributed by atoms with E-state index in [1.165, 1.54) is 51.4 Å². The standard InChI is InChI=1S/C48H83NO7/c1-6-8-10-12-14-16-18-19-20-21-22-23-24-25-26-27-28-29-31-32-34-36-38-46(50)55-43-44(42-54-41-40-45(48(52)53)49(3,4)5)56-47(51)39-37-35-33-30-17-15-13-11-9-7-2/h8,10,13-16,19-20,22-23,44-45H,6-7,9,11-12,17-18,21,24-43H2,1-5H3/p+1/b10-8+,15-13+,16-14+,20-19+,23-22+. The topological polar surface area (TPSA) is 99.1 Å². The molecule has 322 valence electrons. The summed E-state index contributed by atoms with van der Waals surface area (Å²) < 4.78 is 17.2. The van der Waals surface area contributed by atoms with Gasteiger partial charge in [-0.3, -0.25) is 9.59 Å². The molecule has 0 amide bonds. The van der Waals surface area contributed by atoms with E-state index >= 15 is 0 Å². The van der Waals surface area contributed by atoms with Gasteiger partial charge < -0.3 is 23.8 Å². The van der Waals surface area contributed by atoms with E-state index in [-0.39, 0.29) is 36.2 Å². The van der Waals surface area contributed by atoms with Crippen LogP contribution in [-0.2, 0) is 28.6 Å². The summed E-state index contributed by atoms with van der Waals surface area (Å²) in [4.78, 5) is 36.9. The van der Waals surface area contributed by atoms with Crippen LogP contribution >= 0.6 is 0 Å². The van der Waals surface area contributed by atoms with E-state index in [0.717, 1.165) is 89.9 Å². The Hall–Kier alpha value is -2.97. The van der Waals surface area contributed by atoms with Gasteiger partial charge in [0.1, 0.15) is 6.61 Å². The molecule has 0 aromatic carbocycles. The second-order valence-corrected chi connectivity index (χ2v) is 15.9. The monoisotopic (exact) mass is 787 g/mol. The molecule has 8 nitrogen and oxygen atoms in total. The minimum Gasteiger partial charge on any atom is -0.477 e. The molecular weight excluding hydrogens is 703 g/mol. The summed E-state index contributed by atoms with van der Waals surface area (Å²) in [5.41, 5.74) is 0. The van der Waals surface area contributed by atoms with Gasteiger partial charge in [0.05, 0.1) is 34.4 Å². The Labute approximate surface area is 343 Å². The molecule has 0 saturated heterocycles. The van der Waals surface area contributed by atoms with Gasteiger partial charge in [-0.15, -0.1) is 0 Å². The number of likely N-dealkylation sites (N-methyl/N-ethyl adjacent to an activating group) is 1. The highest BCUT2D eigenvalue weighted by Crippen LogP contribution is 2.14. The van der Waals surface area contributed by atoms with Crippen LogP contribution in [0.3, 0.4) is 0 Å². The fourth-order valence-electron chi connectivity index (χ4n) is 6.18. The van der Waals surface area contributed by atoms with Gasteiger partial charge in [-0.2, -0.15) is 0 Å². The van der Waals surface area contributed by atoms with E-state index in [1.807, 2.05) is 21.1 Å². The zero-order chi connectivity index (χ0) is 41.4. The molecule has 56 heavy (non-hydrogen) atoms. The van der Waals surface area contributed by atoms with E-state index in [2.05, 4.69) is 74.6 Å². The van der Waals surface area contributed by atoms with Gasteiger partial charge in [0.25, 0.3) is 0 Å². The van der Waals surface area contributed by atoms with Gasteiger partial charge in [-0.1, -0.05) is 145 Å². The quantitative estimate of drug-likeness (QED) is 0.0287. The summed E-state index contributed by atoms with van der Waals surface area (Å²) in [6.45, 7) is 4.55. The molecule has 0 aliphatic carbocycles. The lowest BCUT2D eigenvalue weighted by Gasteiger charge is -2.31. The highest BCUT2D eigenvalue weighted by Gasteiger charge is 2.31. The van der Waals surface area contributed by atoms with Crippen molar-refractivity contribution in [3.63, 3.8) is 0 Å². The maximum atomic E-state index is 12.7. The lowest BCUT2D eigenvalue weighted by molar-refractivity contribution is -0.887. The number of esters is 2. The summed E-state index contributed by atoms with van der Waals surface area (Å²) >= 11 is 0. The third kappa shape index (κ3) is 36.7. The minimum absolute atomic E-state index is 0.0529.